The summed E-state index contributed by atoms with van der Waals surface area (Å²) in [5.74, 6) is -0.389. The van der Waals surface area contributed by atoms with Gasteiger partial charge in [-0.2, -0.15) is 0 Å². The van der Waals surface area contributed by atoms with E-state index < -0.39 is 17.2 Å². The van der Waals surface area contributed by atoms with Crippen molar-refractivity contribution < 1.29 is 19.1 Å². The molecule has 1 aliphatic carbocycles. The van der Waals surface area contributed by atoms with Gasteiger partial charge in [0.05, 0.1) is 12.1 Å². The Morgan fingerprint density at radius 1 is 1.32 bits per heavy atom. The zero-order valence-corrected chi connectivity index (χ0v) is 12.1. The lowest BCUT2D eigenvalue weighted by Crippen LogP contribution is -2.53. The van der Waals surface area contributed by atoms with Crippen LogP contribution < -0.4 is 5.32 Å². The Kier molecular flexibility index (Phi) is 4.97. The molecule has 0 heterocycles. The van der Waals surface area contributed by atoms with Crippen LogP contribution in [0.15, 0.2) is 12.2 Å². The molecule has 0 radical (unpaired) electrons. The third-order valence-corrected chi connectivity index (χ3v) is 2.82. The van der Waals surface area contributed by atoms with Crippen LogP contribution in [0, 0.1) is 0 Å². The molecular weight excluding hydrogens is 246 g/mol. The molecule has 1 amide bonds. The van der Waals surface area contributed by atoms with Crippen molar-refractivity contribution in [1.29, 1.82) is 0 Å². The van der Waals surface area contributed by atoms with E-state index in [1.807, 2.05) is 20.8 Å². The van der Waals surface area contributed by atoms with Crippen molar-refractivity contribution in [2.45, 2.75) is 58.1 Å². The van der Waals surface area contributed by atoms with E-state index in [0.717, 1.165) is 19.3 Å². The summed E-state index contributed by atoms with van der Waals surface area (Å²) in [7, 11) is 0. The van der Waals surface area contributed by atoms with Crippen LogP contribution in [0.2, 0.25) is 0 Å². The minimum Gasteiger partial charge on any atom is -0.463 e. The SMILES string of the molecule is CCOC(=O)/C=C/C1(NC(=O)OC(C)(C)C)CCC1. The molecule has 0 aromatic rings. The molecular formula is C14H23NO4. The van der Waals surface area contributed by atoms with Crippen LogP contribution >= 0.6 is 0 Å². The fraction of sp³-hybridized carbons (Fsp3) is 0.714. The van der Waals surface area contributed by atoms with Crippen molar-refractivity contribution in [3.8, 4) is 0 Å². The number of alkyl carbamates (subject to hydrolysis) is 1. The van der Waals surface area contributed by atoms with E-state index >= 15 is 0 Å². The first-order valence-electron chi connectivity index (χ1n) is 6.63. The maximum absolute atomic E-state index is 11.8. The van der Waals surface area contributed by atoms with E-state index in [-0.39, 0.29) is 5.97 Å². The predicted molar refractivity (Wildman–Crippen MR) is 71.7 cm³/mol. The summed E-state index contributed by atoms with van der Waals surface area (Å²) >= 11 is 0. The number of hydrogen-bond acceptors (Lipinski definition) is 4. The lowest BCUT2D eigenvalue weighted by atomic mass is 9.76. The maximum Gasteiger partial charge on any atom is 0.408 e. The summed E-state index contributed by atoms with van der Waals surface area (Å²) < 4.78 is 10.0. The summed E-state index contributed by atoms with van der Waals surface area (Å²) in [6.07, 6.45) is 5.26. The highest BCUT2D eigenvalue weighted by Gasteiger charge is 2.37. The molecule has 1 aliphatic rings. The van der Waals surface area contributed by atoms with Crippen LogP contribution in [0.5, 0.6) is 0 Å². The zero-order valence-electron chi connectivity index (χ0n) is 12.1. The van der Waals surface area contributed by atoms with Crippen LogP contribution in [0.1, 0.15) is 47.0 Å². The van der Waals surface area contributed by atoms with E-state index in [1.165, 1.54) is 6.08 Å². The third kappa shape index (κ3) is 5.32. The average Bonchev–Trinajstić information content (AvgIpc) is 2.19. The van der Waals surface area contributed by atoms with Crippen molar-refractivity contribution >= 4 is 12.1 Å². The molecule has 1 saturated carbocycles. The summed E-state index contributed by atoms with van der Waals surface area (Å²) in [6, 6.07) is 0. The smallest absolute Gasteiger partial charge is 0.408 e. The Morgan fingerprint density at radius 2 is 1.95 bits per heavy atom. The van der Waals surface area contributed by atoms with Gasteiger partial charge in [0.25, 0.3) is 0 Å². The first kappa shape index (κ1) is 15.5. The van der Waals surface area contributed by atoms with Crippen LogP contribution in [0.3, 0.4) is 0 Å². The number of rotatable bonds is 4. The van der Waals surface area contributed by atoms with Crippen molar-refractivity contribution in [3.05, 3.63) is 12.2 Å². The van der Waals surface area contributed by atoms with Gasteiger partial charge in [-0.05, 0) is 47.0 Å². The summed E-state index contributed by atoms with van der Waals surface area (Å²) in [5, 5.41) is 2.83. The minimum absolute atomic E-state index is 0.343. The Balaban J connectivity index is 2.56. The van der Waals surface area contributed by atoms with Gasteiger partial charge in [-0.3, -0.25) is 0 Å². The third-order valence-electron chi connectivity index (χ3n) is 2.82. The standard InChI is InChI=1S/C14H23NO4/c1-5-18-11(16)7-10-14(8-6-9-14)15-12(17)19-13(2,3)4/h7,10H,5-6,8-9H2,1-4H3,(H,15,17)/b10-7+. The molecule has 0 aromatic carbocycles. The molecule has 5 nitrogen and oxygen atoms in total. The number of hydrogen-bond donors (Lipinski definition) is 1. The molecule has 0 unspecified atom stereocenters. The molecule has 1 rings (SSSR count). The highest BCUT2D eigenvalue weighted by molar-refractivity contribution is 5.82. The predicted octanol–water partition coefficient (Wildman–Crippen LogP) is 2.55. The molecule has 19 heavy (non-hydrogen) atoms. The van der Waals surface area contributed by atoms with Crippen LogP contribution in [0.4, 0.5) is 4.79 Å². The molecule has 108 valence electrons. The fourth-order valence-electron chi connectivity index (χ4n) is 1.82. The van der Waals surface area contributed by atoms with Gasteiger partial charge in [0.1, 0.15) is 5.60 Å². The van der Waals surface area contributed by atoms with Crippen molar-refractivity contribution in [3.63, 3.8) is 0 Å². The van der Waals surface area contributed by atoms with Gasteiger partial charge in [-0.1, -0.05) is 6.08 Å². The summed E-state index contributed by atoms with van der Waals surface area (Å²) in [5.41, 5.74) is -0.991. The molecule has 0 spiro atoms. The highest BCUT2D eigenvalue weighted by Crippen LogP contribution is 2.33. The largest absolute Gasteiger partial charge is 0.463 e. The number of carbonyl (C=O) groups is 2. The Hall–Kier alpha value is -1.52. The summed E-state index contributed by atoms with van der Waals surface area (Å²) in [4.78, 5) is 23.0. The number of carbonyl (C=O) groups excluding carboxylic acids is 2. The van der Waals surface area contributed by atoms with Crippen molar-refractivity contribution in [1.82, 2.24) is 5.32 Å². The van der Waals surface area contributed by atoms with Gasteiger partial charge in [-0.15, -0.1) is 0 Å². The van der Waals surface area contributed by atoms with E-state index in [9.17, 15) is 9.59 Å². The Morgan fingerprint density at radius 3 is 2.37 bits per heavy atom. The van der Waals surface area contributed by atoms with Gasteiger partial charge in [0, 0.05) is 6.08 Å². The number of nitrogens with one attached hydrogen (secondary N) is 1. The van der Waals surface area contributed by atoms with Gasteiger partial charge in [-0.25, -0.2) is 9.59 Å². The molecule has 1 fully saturated rings. The second kappa shape index (κ2) is 6.08. The van der Waals surface area contributed by atoms with E-state index in [0.29, 0.717) is 6.61 Å². The maximum atomic E-state index is 11.8. The second-order valence-electron chi connectivity index (χ2n) is 5.72. The van der Waals surface area contributed by atoms with Gasteiger partial charge < -0.3 is 14.8 Å². The second-order valence-corrected chi connectivity index (χ2v) is 5.72. The quantitative estimate of drug-likeness (QED) is 0.629. The van der Waals surface area contributed by atoms with E-state index in [4.69, 9.17) is 9.47 Å². The molecule has 0 atom stereocenters. The summed E-state index contributed by atoms with van der Waals surface area (Å²) in [6.45, 7) is 7.54. The monoisotopic (exact) mass is 269 g/mol. The molecule has 5 heteroatoms. The number of ether oxygens (including phenoxy) is 2. The van der Waals surface area contributed by atoms with Crippen molar-refractivity contribution in [2.24, 2.45) is 0 Å². The molecule has 0 saturated heterocycles. The lowest BCUT2D eigenvalue weighted by Gasteiger charge is -2.40. The molecule has 0 bridgehead atoms. The Bertz CT molecular complexity index is 364. The molecule has 0 aromatic heterocycles. The first-order chi connectivity index (χ1) is 8.76. The van der Waals surface area contributed by atoms with Crippen LogP contribution in [-0.2, 0) is 14.3 Å². The normalized spacial score (nSPS) is 17.7. The van der Waals surface area contributed by atoms with E-state index in [2.05, 4.69) is 5.32 Å². The highest BCUT2D eigenvalue weighted by atomic mass is 16.6. The van der Waals surface area contributed by atoms with Crippen LogP contribution in [0.25, 0.3) is 0 Å². The zero-order chi connectivity index (χ0) is 14.5. The Labute approximate surface area is 114 Å². The molecule has 1 N–H and O–H groups in total. The first-order valence-corrected chi connectivity index (χ1v) is 6.63. The molecule has 0 aliphatic heterocycles. The number of amides is 1. The lowest BCUT2D eigenvalue weighted by molar-refractivity contribution is -0.137. The fourth-order valence-corrected chi connectivity index (χ4v) is 1.82. The van der Waals surface area contributed by atoms with Crippen molar-refractivity contribution in [2.75, 3.05) is 6.61 Å². The van der Waals surface area contributed by atoms with Gasteiger partial charge >= 0.3 is 12.1 Å². The topological polar surface area (TPSA) is 64.6 Å². The van der Waals surface area contributed by atoms with Gasteiger partial charge in [0.15, 0.2) is 0 Å². The van der Waals surface area contributed by atoms with E-state index in [1.54, 1.807) is 13.0 Å². The number of esters is 1. The minimum atomic E-state index is -0.528. The van der Waals surface area contributed by atoms with Crippen LogP contribution in [-0.4, -0.2) is 29.8 Å². The van der Waals surface area contributed by atoms with Gasteiger partial charge in [0.2, 0.25) is 0 Å². The average molecular weight is 269 g/mol.